The lowest BCUT2D eigenvalue weighted by Crippen LogP contribution is -2.41. The monoisotopic (exact) mass is 247 g/mol. The van der Waals surface area contributed by atoms with Gasteiger partial charge in [-0.2, -0.15) is 0 Å². The van der Waals surface area contributed by atoms with Crippen LogP contribution >= 0.6 is 0 Å². The van der Waals surface area contributed by atoms with Gasteiger partial charge in [0.1, 0.15) is 11.4 Å². The number of nitrogens with one attached hydrogen (secondary N) is 2. The van der Waals surface area contributed by atoms with Crippen molar-refractivity contribution in [3.63, 3.8) is 0 Å². The van der Waals surface area contributed by atoms with Crippen LogP contribution in [-0.4, -0.2) is 17.9 Å². The zero-order valence-electron chi connectivity index (χ0n) is 10.0. The fourth-order valence-electron chi connectivity index (χ4n) is 2.06. The van der Waals surface area contributed by atoms with E-state index in [-0.39, 0.29) is 5.91 Å². The van der Waals surface area contributed by atoms with E-state index >= 15 is 0 Å². The maximum atomic E-state index is 13.8. The number of guanidine groups is 1. The predicted octanol–water partition coefficient (Wildman–Crippen LogP) is 1.28. The Kier molecular flexibility index (Phi) is 2.36. The predicted molar refractivity (Wildman–Crippen MR) is 65.5 cm³/mol. The summed E-state index contributed by atoms with van der Waals surface area (Å²) >= 11 is 0. The van der Waals surface area contributed by atoms with Crippen LogP contribution in [0.2, 0.25) is 0 Å². The molecule has 5 heteroatoms. The summed E-state index contributed by atoms with van der Waals surface area (Å²) in [4.78, 5) is 16.4. The number of rotatable bonds is 2. The molecule has 0 radical (unpaired) electrons. The molecule has 3 rings (SSSR count). The molecular weight excluding hydrogens is 233 g/mol. The van der Waals surface area contributed by atoms with Crippen LogP contribution < -0.4 is 10.6 Å². The van der Waals surface area contributed by atoms with E-state index in [0.29, 0.717) is 17.6 Å². The molecule has 4 nitrogen and oxygen atoms in total. The molecule has 1 aliphatic heterocycles. The standard InChI is InChI=1S/C13H14FN3O/c1-13(9-4-2-3-5-10(9)14)11(18)16-12(17-13)15-8-6-7-8/h2-5,8H,6-7H2,1H3,(H2,15,16,17,18). The van der Waals surface area contributed by atoms with Crippen LogP contribution in [0.25, 0.3) is 0 Å². The van der Waals surface area contributed by atoms with Crippen molar-refractivity contribution in [2.45, 2.75) is 31.3 Å². The summed E-state index contributed by atoms with van der Waals surface area (Å²) < 4.78 is 13.8. The second-order valence-electron chi connectivity index (χ2n) is 4.89. The van der Waals surface area contributed by atoms with Gasteiger partial charge in [-0.3, -0.25) is 10.1 Å². The molecule has 1 atom stereocenters. The largest absolute Gasteiger partial charge is 0.338 e. The van der Waals surface area contributed by atoms with Crippen LogP contribution in [0.15, 0.2) is 29.3 Å². The molecule has 0 spiro atoms. The van der Waals surface area contributed by atoms with Gasteiger partial charge < -0.3 is 5.32 Å². The second-order valence-corrected chi connectivity index (χ2v) is 4.89. The van der Waals surface area contributed by atoms with Gasteiger partial charge in [-0.1, -0.05) is 18.2 Å². The maximum Gasteiger partial charge on any atom is 0.256 e. The zero-order chi connectivity index (χ0) is 12.8. The highest BCUT2D eigenvalue weighted by Crippen LogP contribution is 2.28. The smallest absolute Gasteiger partial charge is 0.256 e. The van der Waals surface area contributed by atoms with Gasteiger partial charge in [0, 0.05) is 5.56 Å². The molecule has 1 aromatic carbocycles. The molecule has 1 unspecified atom stereocenters. The molecule has 2 aliphatic rings. The van der Waals surface area contributed by atoms with Gasteiger partial charge in [-0.25, -0.2) is 9.38 Å². The van der Waals surface area contributed by atoms with Gasteiger partial charge in [0.2, 0.25) is 0 Å². The van der Waals surface area contributed by atoms with Gasteiger partial charge in [0.15, 0.2) is 5.96 Å². The minimum atomic E-state index is -1.08. The van der Waals surface area contributed by atoms with Crippen molar-refractivity contribution in [3.8, 4) is 0 Å². The number of benzene rings is 1. The SMILES string of the molecule is CC1(c2ccccc2F)NC(=NC2CC2)NC1=O. The van der Waals surface area contributed by atoms with Gasteiger partial charge in [0.25, 0.3) is 5.91 Å². The van der Waals surface area contributed by atoms with Crippen molar-refractivity contribution in [3.05, 3.63) is 35.6 Å². The van der Waals surface area contributed by atoms with Crippen molar-refractivity contribution in [1.82, 2.24) is 10.6 Å². The van der Waals surface area contributed by atoms with Crippen molar-refractivity contribution < 1.29 is 9.18 Å². The minimum absolute atomic E-state index is 0.271. The van der Waals surface area contributed by atoms with Crippen molar-refractivity contribution in [1.29, 1.82) is 0 Å². The summed E-state index contributed by atoms with van der Waals surface area (Å²) in [5, 5.41) is 5.67. The Labute approximate surface area is 104 Å². The van der Waals surface area contributed by atoms with Crippen LogP contribution in [0.1, 0.15) is 25.3 Å². The molecule has 1 heterocycles. The Morgan fingerprint density at radius 3 is 2.78 bits per heavy atom. The Bertz CT molecular complexity index is 539. The van der Waals surface area contributed by atoms with E-state index in [9.17, 15) is 9.18 Å². The first-order valence-corrected chi connectivity index (χ1v) is 6.02. The molecule has 94 valence electrons. The summed E-state index contributed by atoms with van der Waals surface area (Å²) in [6, 6.07) is 6.59. The molecule has 0 bridgehead atoms. The first-order valence-electron chi connectivity index (χ1n) is 6.02. The van der Waals surface area contributed by atoms with E-state index in [1.54, 1.807) is 25.1 Å². The molecule has 18 heavy (non-hydrogen) atoms. The van der Waals surface area contributed by atoms with Gasteiger partial charge in [-0.05, 0) is 25.8 Å². The Morgan fingerprint density at radius 2 is 2.11 bits per heavy atom. The summed E-state index contributed by atoms with van der Waals surface area (Å²) in [5.74, 6) is -0.212. The molecule has 1 aliphatic carbocycles. The highest BCUT2D eigenvalue weighted by molar-refractivity contribution is 6.09. The average Bonchev–Trinajstić information content (AvgIpc) is 3.07. The number of carbonyl (C=O) groups excluding carboxylic acids is 1. The van der Waals surface area contributed by atoms with Crippen LogP contribution in [0.5, 0.6) is 0 Å². The van der Waals surface area contributed by atoms with Crippen molar-refractivity contribution >= 4 is 11.9 Å². The van der Waals surface area contributed by atoms with E-state index in [2.05, 4.69) is 15.6 Å². The summed E-state index contributed by atoms with van der Waals surface area (Å²) in [6.45, 7) is 1.66. The van der Waals surface area contributed by atoms with Gasteiger partial charge in [-0.15, -0.1) is 0 Å². The first kappa shape index (κ1) is 11.2. The highest BCUT2D eigenvalue weighted by Gasteiger charge is 2.44. The number of hydrogen-bond acceptors (Lipinski definition) is 2. The lowest BCUT2D eigenvalue weighted by molar-refractivity contribution is -0.123. The summed E-state index contributed by atoms with van der Waals surface area (Å²) in [6.07, 6.45) is 2.11. The van der Waals surface area contributed by atoms with E-state index in [0.717, 1.165) is 12.8 Å². The first-order chi connectivity index (χ1) is 8.59. The molecule has 1 aromatic rings. The van der Waals surface area contributed by atoms with E-state index in [1.807, 2.05) is 0 Å². The van der Waals surface area contributed by atoms with E-state index < -0.39 is 11.4 Å². The molecule has 1 amide bonds. The number of amides is 1. The molecule has 1 saturated heterocycles. The Morgan fingerprint density at radius 1 is 1.39 bits per heavy atom. The lowest BCUT2D eigenvalue weighted by Gasteiger charge is -2.22. The molecule has 0 aromatic heterocycles. The van der Waals surface area contributed by atoms with Crippen LogP contribution in [0.4, 0.5) is 4.39 Å². The molecule has 2 N–H and O–H groups in total. The Hall–Kier alpha value is -1.91. The Balaban J connectivity index is 1.95. The van der Waals surface area contributed by atoms with Crippen LogP contribution in [0, 0.1) is 5.82 Å². The van der Waals surface area contributed by atoms with Crippen LogP contribution in [-0.2, 0) is 10.3 Å². The number of carbonyl (C=O) groups is 1. The topological polar surface area (TPSA) is 53.5 Å². The quantitative estimate of drug-likeness (QED) is 0.827. The van der Waals surface area contributed by atoms with Gasteiger partial charge in [0.05, 0.1) is 6.04 Å². The normalized spacial score (nSPS) is 29.2. The maximum absolute atomic E-state index is 13.8. The average molecular weight is 247 g/mol. The third kappa shape index (κ3) is 1.75. The third-order valence-electron chi connectivity index (χ3n) is 3.33. The van der Waals surface area contributed by atoms with Gasteiger partial charge >= 0.3 is 0 Å². The van der Waals surface area contributed by atoms with E-state index in [1.165, 1.54) is 6.07 Å². The highest BCUT2D eigenvalue weighted by atomic mass is 19.1. The summed E-state index contributed by atoms with van der Waals surface area (Å²) in [7, 11) is 0. The van der Waals surface area contributed by atoms with Crippen LogP contribution in [0.3, 0.4) is 0 Å². The zero-order valence-corrected chi connectivity index (χ0v) is 10.0. The third-order valence-corrected chi connectivity index (χ3v) is 3.33. The number of aliphatic imine (C=N–C) groups is 1. The van der Waals surface area contributed by atoms with Crippen molar-refractivity contribution in [2.75, 3.05) is 0 Å². The number of hydrogen-bond donors (Lipinski definition) is 2. The second kappa shape index (κ2) is 3.80. The van der Waals surface area contributed by atoms with Crippen molar-refractivity contribution in [2.24, 2.45) is 4.99 Å². The van der Waals surface area contributed by atoms with E-state index in [4.69, 9.17) is 0 Å². The molecule has 2 fully saturated rings. The molecular formula is C13H14FN3O. The number of nitrogens with zero attached hydrogens (tertiary/aromatic N) is 1. The number of halogens is 1. The minimum Gasteiger partial charge on any atom is -0.338 e. The fraction of sp³-hybridized carbons (Fsp3) is 0.385. The fourth-order valence-corrected chi connectivity index (χ4v) is 2.06. The molecule has 1 saturated carbocycles. The summed E-state index contributed by atoms with van der Waals surface area (Å²) in [5.41, 5.74) is -0.748. The lowest BCUT2D eigenvalue weighted by atomic mass is 9.92.